The fraction of sp³-hybridized carbons (Fsp3) is 0.0833. The maximum absolute atomic E-state index is 11.8. The maximum Gasteiger partial charge on any atom is 0.265 e. The van der Waals surface area contributed by atoms with E-state index in [1.165, 1.54) is 0 Å². The van der Waals surface area contributed by atoms with Gasteiger partial charge in [0.15, 0.2) is 0 Å². The zero-order valence-corrected chi connectivity index (χ0v) is 12.0. The van der Waals surface area contributed by atoms with Gasteiger partial charge in [0, 0.05) is 16.4 Å². The molecule has 0 aliphatic carbocycles. The van der Waals surface area contributed by atoms with Crippen LogP contribution in [0.25, 0.3) is 0 Å². The third kappa shape index (κ3) is 2.98. The summed E-state index contributed by atoms with van der Waals surface area (Å²) in [5, 5.41) is 0. The number of nitrogens with zero attached hydrogens (tertiary/aromatic N) is 1. The van der Waals surface area contributed by atoms with Crippen molar-refractivity contribution < 1.29 is 0 Å². The zero-order chi connectivity index (χ0) is 12.4. The number of rotatable bonds is 2. The maximum atomic E-state index is 11.8. The fourth-order valence-electron chi connectivity index (χ4n) is 1.60. The summed E-state index contributed by atoms with van der Waals surface area (Å²) in [6.45, 7) is 0.502. The molecular weight excluding hydrogens is 348 g/mol. The molecule has 0 unspecified atom stereocenters. The molecule has 0 radical (unpaired) electrons. The molecule has 2 N–H and O–H groups in total. The van der Waals surface area contributed by atoms with Crippen molar-refractivity contribution in [1.82, 2.24) is 4.57 Å². The Kier molecular flexibility index (Phi) is 3.69. The Morgan fingerprint density at radius 3 is 2.71 bits per heavy atom. The van der Waals surface area contributed by atoms with Crippen LogP contribution in [0.4, 0.5) is 5.69 Å². The first-order valence-electron chi connectivity index (χ1n) is 4.96. The molecule has 1 aromatic heterocycles. The molecule has 5 heteroatoms. The first-order chi connectivity index (χ1) is 8.06. The van der Waals surface area contributed by atoms with Gasteiger partial charge in [-0.3, -0.25) is 4.79 Å². The lowest BCUT2D eigenvalue weighted by molar-refractivity contribution is 0.755. The molecule has 0 saturated carbocycles. The van der Waals surface area contributed by atoms with E-state index in [9.17, 15) is 4.79 Å². The van der Waals surface area contributed by atoms with Crippen LogP contribution in [0.5, 0.6) is 0 Å². The van der Waals surface area contributed by atoms with Crippen LogP contribution in [0.3, 0.4) is 0 Å². The van der Waals surface area contributed by atoms with Crippen LogP contribution in [0.1, 0.15) is 5.56 Å². The summed E-state index contributed by atoms with van der Waals surface area (Å²) in [5.41, 5.74) is 7.37. The van der Waals surface area contributed by atoms with Crippen molar-refractivity contribution in [2.75, 3.05) is 5.73 Å². The molecule has 3 nitrogen and oxygen atoms in total. The SMILES string of the molecule is Nc1cc(Br)cc(Cn2cccc(Br)c2=O)c1. The third-order valence-electron chi connectivity index (χ3n) is 2.31. The van der Waals surface area contributed by atoms with Crippen molar-refractivity contribution in [2.45, 2.75) is 6.54 Å². The number of pyridine rings is 1. The molecule has 0 amide bonds. The van der Waals surface area contributed by atoms with Crippen LogP contribution in [0.2, 0.25) is 0 Å². The summed E-state index contributed by atoms with van der Waals surface area (Å²) in [5.74, 6) is 0. The Hall–Kier alpha value is -1.07. The average Bonchev–Trinajstić information content (AvgIpc) is 2.23. The van der Waals surface area contributed by atoms with Gasteiger partial charge in [-0.25, -0.2) is 0 Å². The number of nitrogens with two attached hydrogens (primary N) is 1. The summed E-state index contributed by atoms with van der Waals surface area (Å²) < 4.78 is 3.10. The van der Waals surface area contributed by atoms with Crippen LogP contribution >= 0.6 is 31.9 Å². The Balaban J connectivity index is 2.38. The molecule has 2 rings (SSSR count). The quantitative estimate of drug-likeness (QED) is 0.840. The molecule has 1 heterocycles. The lowest BCUT2D eigenvalue weighted by Crippen LogP contribution is -2.20. The van der Waals surface area contributed by atoms with Crippen molar-refractivity contribution in [1.29, 1.82) is 0 Å². The highest BCUT2D eigenvalue weighted by Crippen LogP contribution is 2.17. The molecule has 0 saturated heterocycles. The summed E-state index contributed by atoms with van der Waals surface area (Å²) in [6, 6.07) is 9.19. The predicted molar refractivity (Wildman–Crippen MR) is 76.1 cm³/mol. The summed E-state index contributed by atoms with van der Waals surface area (Å²) in [7, 11) is 0. The van der Waals surface area contributed by atoms with Crippen molar-refractivity contribution in [3.8, 4) is 0 Å². The number of benzene rings is 1. The molecule has 0 aliphatic rings. The minimum atomic E-state index is -0.0500. The first-order valence-corrected chi connectivity index (χ1v) is 6.55. The first kappa shape index (κ1) is 12.4. The minimum Gasteiger partial charge on any atom is -0.399 e. The van der Waals surface area contributed by atoms with E-state index in [1.807, 2.05) is 24.3 Å². The molecule has 88 valence electrons. The molecule has 17 heavy (non-hydrogen) atoms. The van der Waals surface area contributed by atoms with Crippen molar-refractivity contribution in [2.24, 2.45) is 0 Å². The molecule has 0 fully saturated rings. The lowest BCUT2D eigenvalue weighted by Gasteiger charge is -2.07. The number of hydrogen-bond donors (Lipinski definition) is 1. The van der Waals surface area contributed by atoms with Gasteiger partial charge in [-0.1, -0.05) is 15.9 Å². The highest BCUT2D eigenvalue weighted by atomic mass is 79.9. The van der Waals surface area contributed by atoms with Crippen molar-refractivity contribution in [3.63, 3.8) is 0 Å². The van der Waals surface area contributed by atoms with Gasteiger partial charge >= 0.3 is 0 Å². The van der Waals surface area contributed by atoms with Gasteiger partial charge in [-0.05, 0) is 51.8 Å². The number of aromatic nitrogens is 1. The molecule has 0 aliphatic heterocycles. The van der Waals surface area contributed by atoms with Gasteiger partial charge in [0.1, 0.15) is 0 Å². The van der Waals surface area contributed by atoms with Crippen LogP contribution in [-0.2, 0) is 6.54 Å². The van der Waals surface area contributed by atoms with E-state index in [0.29, 0.717) is 16.7 Å². The third-order valence-corrected chi connectivity index (χ3v) is 3.37. The fourth-order valence-corrected chi connectivity index (χ4v) is 2.53. The number of hydrogen-bond acceptors (Lipinski definition) is 2. The van der Waals surface area contributed by atoms with E-state index < -0.39 is 0 Å². The molecule has 2 aromatic rings. The van der Waals surface area contributed by atoms with Crippen LogP contribution < -0.4 is 11.3 Å². The Labute approximate surface area is 116 Å². The smallest absolute Gasteiger partial charge is 0.265 e. The topological polar surface area (TPSA) is 48.0 Å². The van der Waals surface area contributed by atoms with E-state index in [4.69, 9.17) is 5.73 Å². The van der Waals surface area contributed by atoms with Crippen molar-refractivity contribution >= 4 is 37.5 Å². The van der Waals surface area contributed by atoms with E-state index in [0.717, 1.165) is 10.0 Å². The minimum absolute atomic E-state index is 0.0500. The summed E-state index contributed by atoms with van der Waals surface area (Å²) in [6.07, 6.45) is 1.75. The normalized spacial score (nSPS) is 10.5. The van der Waals surface area contributed by atoms with Gasteiger partial charge in [-0.2, -0.15) is 0 Å². The van der Waals surface area contributed by atoms with E-state index >= 15 is 0 Å². The van der Waals surface area contributed by atoms with Crippen molar-refractivity contribution in [3.05, 3.63) is 61.4 Å². The molecule has 0 bridgehead atoms. The molecule has 0 spiro atoms. The number of anilines is 1. The van der Waals surface area contributed by atoms with Crippen LogP contribution in [0.15, 0.2) is 50.3 Å². The second-order valence-electron chi connectivity index (χ2n) is 3.68. The second kappa shape index (κ2) is 5.06. The molecule has 0 atom stereocenters. The zero-order valence-electron chi connectivity index (χ0n) is 8.86. The summed E-state index contributed by atoms with van der Waals surface area (Å²) in [4.78, 5) is 11.8. The van der Waals surface area contributed by atoms with Gasteiger partial charge in [0.05, 0.1) is 11.0 Å². The van der Waals surface area contributed by atoms with Crippen LogP contribution in [0, 0.1) is 0 Å². The van der Waals surface area contributed by atoms with E-state index in [1.54, 1.807) is 16.8 Å². The standard InChI is InChI=1S/C12H10Br2N2O/c13-9-4-8(5-10(15)6-9)7-16-3-1-2-11(14)12(16)17/h1-6H,7,15H2. The molecule has 1 aromatic carbocycles. The largest absolute Gasteiger partial charge is 0.399 e. The number of halogens is 2. The lowest BCUT2D eigenvalue weighted by atomic mass is 10.2. The Morgan fingerprint density at radius 1 is 1.24 bits per heavy atom. The van der Waals surface area contributed by atoms with Gasteiger partial charge in [0.2, 0.25) is 0 Å². The highest BCUT2D eigenvalue weighted by molar-refractivity contribution is 9.10. The van der Waals surface area contributed by atoms with Gasteiger partial charge in [0.25, 0.3) is 5.56 Å². The highest BCUT2D eigenvalue weighted by Gasteiger charge is 2.02. The second-order valence-corrected chi connectivity index (χ2v) is 5.45. The predicted octanol–water partition coefficient (Wildman–Crippen LogP) is 3.00. The van der Waals surface area contributed by atoms with E-state index in [2.05, 4.69) is 31.9 Å². The Morgan fingerprint density at radius 2 is 2.00 bits per heavy atom. The number of nitrogen functional groups attached to an aromatic ring is 1. The van der Waals surface area contributed by atoms with Gasteiger partial charge < -0.3 is 10.3 Å². The van der Waals surface area contributed by atoms with E-state index in [-0.39, 0.29) is 5.56 Å². The van der Waals surface area contributed by atoms with Gasteiger partial charge in [-0.15, -0.1) is 0 Å². The molecular formula is C12H10Br2N2O. The summed E-state index contributed by atoms with van der Waals surface area (Å²) >= 11 is 6.60. The Bertz CT molecular complexity index is 587. The monoisotopic (exact) mass is 356 g/mol. The van der Waals surface area contributed by atoms with Crippen LogP contribution in [-0.4, -0.2) is 4.57 Å². The average molecular weight is 358 g/mol.